The van der Waals surface area contributed by atoms with Crippen molar-refractivity contribution >= 4 is 39.7 Å². The van der Waals surface area contributed by atoms with Crippen molar-refractivity contribution < 1.29 is 4.79 Å². The molecule has 1 amide bonds. The van der Waals surface area contributed by atoms with Crippen molar-refractivity contribution in [2.24, 2.45) is 0 Å². The van der Waals surface area contributed by atoms with E-state index in [1.165, 1.54) is 0 Å². The SMILES string of the molecule is Cc1cc([C@@H]2[C@@H](c3ccccn3)NC(=S)N2CCC(=O)Nc2cccc3ccccc23)c(C)n1-n1cnnc1. The highest BCUT2D eigenvalue weighted by Crippen LogP contribution is 2.41. The minimum absolute atomic E-state index is 0.0656. The lowest BCUT2D eigenvalue weighted by atomic mass is 9.96. The number of rotatable bonds is 7. The number of pyridine rings is 1. The molecule has 1 aliphatic rings. The van der Waals surface area contributed by atoms with E-state index in [1.54, 1.807) is 18.9 Å². The van der Waals surface area contributed by atoms with Gasteiger partial charge in [0.15, 0.2) is 5.11 Å². The highest BCUT2D eigenvalue weighted by atomic mass is 32.1. The third-order valence-electron chi connectivity index (χ3n) is 7.23. The number of anilines is 1. The second-order valence-electron chi connectivity index (χ2n) is 9.63. The van der Waals surface area contributed by atoms with Gasteiger partial charge in [0, 0.05) is 47.2 Å². The first-order valence-corrected chi connectivity index (χ1v) is 13.2. The fourth-order valence-corrected chi connectivity index (χ4v) is 5.82. The van der Waals surface area contributed by atoms with Crippen LogP contribution in [0.15, 0.2) is 85.6 Å². The molecule has 0 saturated carbocycles. The summed E-state index contributed by atoms with van der Waals surface area (Å²) in [6.07, 6.45) is 5.42. The van der Waals surface area contributed by atoms with Crippen LogP contribution in [-0.2, 0) is 4.79 Å². The normalized spacial score (nSPS) is 17.0. The van der Waals surface area contributed by atoms with Crippen molar-refractivity contribution in [2.75, 3.05) is 11.9 Å². The Morgan fingerprint density at radius 2 is 1.79 bits per heavy atom. The fraction of sp³-hybridized carbons (Fsp3) is 0.207. The van der Waals surface area contributed by atoms with Crippen LogP contribution in [-0.4, -0.2) is 47.0 Å². The molecule has 0 radical (unpaired) electrons. The molecule has 0 aliphatic carbocycles. The minimum atomic E-state index is -0.172. The van der Waals surface area contributed by atoms with E-state index in [0.29, 0.717) is 11.7 Å². The topological polar surface area (TPSA) is 92.9 Å². The maximum absolute atomic E-state index is 13.2. The van der Waals surface area contributed by atoms with E-state index in [9.17, 15) is 4.79 Å². The maximum atomic E-state index is 13.2. The number of nitrogens with zero attached hydrogens (tertiary/aromatic N) is 6. The van der Waals surface area contributed by atoms with Gasteiger partial charge < -0.3 is 15.5 Å². The first-order chi connectivity index (χ1) is 19.0. The van der Waals surface area contributed by atoms with E-state index >= 15 is 0 Å². The molecule has 0 unspecified atom stereocenters. The molecule has 2 aromatic carbocycles. The van der Waals surface area contributed by atoms with Crippen LogP contribution in [0.4, 0.5) is 5.69 Å². The van der Waals surface area contributed by atoms with Crippen molar-refractivity contribution in [3.8, 4) is 0 Å². The Kier molecular flexibility index (Phi) is 6.54. The second kappa shape index (κ2) is 10.3. The van der Waals surface area contributed by atoms with E-state index < -0.39 is 0 Å². The number of carbonyl (C=O) groups excluding carboxylic acids is 1. The van der Waals surface area contributed by atoms with Crippen LogP contribution in [0, 0.1) is 13.8 Å². The maximum Gasteiger partial charge on any atom is 0.226 e. The van der Waals surface area contributed by atoms with Gasteiger partial charge >= 0.3 is 0 Å². The molecule has 4 heterocycles. The summed E-state index contributed by atoms with van der Waals surface area (Å²) in [6.45, 7) is 4.58. The highest BCUT2D eigenvalue weighted by Gasteiger charge is 2.41. The third kappa shape index (κ3) is 4.63. The molecule has 2 atom stereocenters. The standard InChI is InChI=1S/C29H28N8OS/c1-19-16-23(20(2)37(19)35-17-31-32-18-35)28-27(25-11-5-6-14-30-25)34-29(39)36(28)15-13-26(38)33-24-12-7-9-21-8-3-4-10-22(21)24/h3-12,14,16-18,27-28H,13,15H2,1-2H3,(H,33,38)(H,34,39)/t27-,28-/m1/s1. The lowest BCUT2D eigenvalue weighted by Gasteiger charge is -2.28. The van der Waals surface area contributed by atoms with Crippen LogP contribution in [0.25, 0.3) is 10.8 Å². The number of fused-ring (bicyclic) bond motifs is 1. The van der Waals surface area contributed by atoms with Gasteiger partial charge in [0.25, 0.3) is 0 Å². The summed E-state index contributed by atoms with van der Waals surface area (Å²) in [5, 5.41) is 17.2. The van der Waals surface area contributed by atoms with Gasteiger partial charge in [0.1, 0.15) is 12.7 Å². The van der Waals surface area contributed by atoms with Crippen molar-refractivity contribution in [3.63, 3.8) is 0 Å². The van der Waals surface area contributed by atoms with Crippen molar-refractivity contribution in [2.45, 2.75) is 32.4 Å². The molecule has 1 aliphatic heterocycles. The number of aryl methyl sites for hydroxylation is 1. The van der Waals surface area contributed by atoms with Gasteiger partial charge in [-0.1, -0.05) is 42.5 Å². The van der Waals surface area contributed by atoms with E-state index in [4.69, 9.17) is 12.2 Å². The lowest BCUT2D eigenvalue weighted by Crippen LogP contribution is -2.33. The van der Waals surface area contributed by atoms with E-state index in [-0.39, 0.29) is 24.4 Å². The molecule has 9 nitrogen and oxygen atoms in total. The molecule has 2 N–H and O–H groups in total. The number of aromatic nitrogens is 5. The molecule has 196 valence electrons. The summed E-state index contributed by atoms with van der Waals surface area (Å²) >= 11 is 5.83. The fourth-order valence-electron chi connectivity index (χ4n) is 5.48. The van der Waals surface area contributed by atoms with Gasteiger partial charge in [0.2, 0.25) is 5.91 Å². The van der Waals surface area contributed by atoms with Crippen LogP contribution in [0.1, 0.15) is 41.1 Å². The molecule has 10 heteroatoms. The number of amides is 1. The molecule has 3 aromatic heterocycles. The first-order valence-electron chi connectivity index (χ1n) is 12.8. The molecular weight excluding hydrogens is 508 g/mol. The number of hydrogen-bond donors (Lipinski definition) is 2. The summed E-state index contributed by atoms with van der Waals surface area (Å²) in [5.41, 5.74) is 4.87. The third-order valence-corrected chi connectivity index (χ3v) is 7.58. The number of hydrogen-bond acceptors (Lipinski definition) is 5. The zero-order chi connectivity index (χ0) is 26.9. The molecule has 1 fully saturated rings. The Balaban J connectivity index is 1.30. The minimum Gasteiger partial charge on any atom is -0.352 e. The van der Waals surface area contributed by atoms with Crippen LogP contribution in [0.5, 0.6) is 0 Å². The predicted octanol–water partition coefficient (Wildman–Crippen LogP) is 4.56. The quantitative estimate of drug-likeness (QED) is 0.295. The van der Waals surface area contributed by atoms with E-state index in [0.717, 1.165) is 39.1 Å². The van der Waals surface area contributed by atoms with Gasteiger partial charge in [-0.15, -0.1) is 10.2 Å². The average molecular weight is 537 g/mol. The first kappa shape index (κ1) is 24.7. The van der Waals surface area contributed by atoms with Crippen LogP contribution >= 0.6 is 12.2 Å². The van der Waals surface area contributed by atoms with Gasteiger partial charge in [-0.2, -0.15) is 0 Å². The molecule has 6 rings (SSSR count). The zero-order valence-corrected chi connectivity index (χ0v) is 22.5. The Bertz CT molecular complexity index is 1640. The van der Waals surface area contributed by atoms with Crippen LogP contribution in [0.3, 0.4) is 0 Å². The van der Waals surface area contributed by atoms with Gasteiger partial charge in [-0.3, -0.25) is 14.5 Å². The Labute approximate surface area is 231 Å². The Morgan fingerprint density at radius 1 is 1.03 bits per heavy atom. The number of carbonyl (C=O) groups is 1. The van der Waals surface area contributed by atoms with Crippen LogP contribution in [0.2, 0.25) is 0 Å². The second-order valence-corrected chi connectivity index (χ2v) is 10.0. The number of nitrogens with one attached hydrogen (secondary N) is 2. The zero-order valence-electron chi connectivity index (χ0n) is 21.7. The molecule has 1 saturated heterocycles. The number of thiocarbonyl (C=S) groups is 1. The highest BCUT2D eigenvalue weighted by molar-refractivity contribution is 7.80. The van der Waals surface area contributed by atoms with Gasteiger partial charge in [0.05, 0.1) is 17.8 Å². The largest absolute Gasteiger partial charge is 0.352 e. The van der Waals surface area contributed by atoms with E-state index in [2.05, 4.69) is 55.3 Å². The summed E-state index contributed by atoms with van der Waals surface area (Å²) < 4.78 is 3.92. The van der Waals surface area contributed by atoms with E-state index in [1.807, 2.05) is 65.3 Å². The average Bonchev–Trinajstić information content (AvgIpc) is 3.66. The summed E-state index contributed by atoms with van der Waals surface area (Å²) in [6, 6.07) is 21.7. The number of benzene rings is 2. The summed E-state index contributed by atoms with van der Waals surface area (Å²) in [7, 11) is 0. The molecular formula is C29H28N8OS. The Morgan fingerprint density at radius 3 is 2.59 bits per heavy atom. The van der Waals surface area contributed by atoms with Crippen molar-refractivity contribution in [1.29, 1.82) is 0 Å². The molecule has 0 bridgehead atoms. The Hall–Kier alpha value is -4.57. The predicted molar refractivity (Wildman–Crippen MR) is 154 cm³/mol. The lowest BCUT2D eigenvalue weighted by molar-refractivity contribution is -0.116. The molecule has 5 aromatic rings. The van der Waals surface area contributed by atoms with Crippen LogP contribution < -0.4 is 10.6 Å². The molecule has 0 spiro atoms. The smallest absolute Gasteiger partial charge is 0.226 e. The molecule has 39 heavy (non-hydrogen) atoms. The van der Waals surface area contributed by atoms with Crippen molar-refractivity contribution in [1.82, 2.24) is 34.8 Å². The summed E-state index contributed by atoms with van der Waals surface area (Å²) in [5.74, 6) is -0.0656. The van der Waals surface area contributed by atoms with Gasteiger partial charge in [-0.05, 0) is 55.7 Å². The van der Waals surface area contributed by atoms with Crippen molar-refractivity contribution in [3.05, 3.63) is 108 Å². The monoisotopic (exact) mass is 536 g/mol. The van der Waals surface area contributed by atoms with Gasteiger partial charge in [-0.25, -0.2) is 4.68 Å². The summed E-state index contributed by atoms with van der Waals surface area (Å²) in [4.78, 5) is 19.9.